The highest BCUT2D eigenvalue weighted by Crippen LogP contribution is 2.20. The average molecular weight is 281 g/mol. The van der Waals surface area contributed by atoms with E-state index in [1.807, 2.05) is 7.05 Å². The Balaban J connectivity index is 0.00000144. The van der Waals surface area contributed by atoms with E-state index in [1.54, 1.807) is 6.07 Å². The van der Waals surface area contributed by atoms with Gasteiger partial charge in [-0.3, -0.25) is 0 Å². The summed E-state index contributed by atoms with van der Waals surface area (Å²) in [6.07, 6.45) is 3.07. The molecule has 0 amide bonds. The van der Waals surface area contributed by atoms with Gasteiger partial charge in [-0.15, -0.1) is 12.4 Å². The van der Waals surface area contributed by atoms with Gasteiger partial charge in [0.25, 0.3) is 10.0 Å². The fourth-order valence-electron chi connectivity index (χ4n) is 1.92. The summed E-state index contributed by atoms with van der Waals surface area (Å²) in [5, 5.41) is 3.20. The maximum Gasteiger partial charge on any atom is 0.276 e. The molecule has 5 nitrogen and oxygen atoms in total. The molecule has 1 saturated heterocycles. The quantitative estimate of drug-likeness (QED) is 0.900. The zero-order valence-corrected chi connectivity index (χ0v) is 11.3. The third kappa shape index (κ3) is 3.01. The second-order valence-electron chi connectivity index (χ2n) is 3.90. The molecule has 2 heterocycles. The molecular formula is C10H17ClN2O3S. The van der Waals surface area contributed by atoms with Gasteiger partial charge in [-0.25, -0.2) is 8.42 Å². The molecule has 1 fully saturated rings. The van der Waals surface area contributed by atoms with Crippen LogP contribution < -0.4 is 5.32 Å². The Kier molecular flexibility index (Phi) is 5.00. The van der Waals surface area contributed by atoms with Crippen LogP contribution in [0.2, 0.25) is 0 Å². The lowest BCUT2D eigenvalue weighted by Gasteiger charge is -2.30. The molecule has 1 N–H and O–H groups in total. The first-order valence-electron chi connectivity index (χ1n) is 5.35. The highest BCUT2D eigenvalue weighted by atomic mass is 35.5. The van der Waals surface area contributed by atoms with Crippen molar-refractivity contribution < 1.29 is 12.8 Å². The third-order valence-corrected chi connectivity index (χ3v) is 4.74. The van der Waals surface area contributed by atoms with Gasteiger partial charge in [-0.2, -0.15) is 4.31 Å². The summed E-state index contributed by atoms with van der Waals surface area (Å²) in [6, 6.07) is 3.50. The lowest BCUT2D eigenvalue weighted by atomic mass is 10.1. The van der Waals surface area contributed by atoms with Crippen LogP contribution in [0.4, 0.5) is 0 Å². The van der Waals surface area contributed by atoms with Crippen LogP contribution in [0.1, 0.15) is 12.8 Å². The van der Waals surface area contributed by atoms with E-state index in [-0.39, 0.29) is 17.5 Å². The van der Waals surface area contributed by atoms with E-state index < -0.39 is 10.0 Å². The van der Waals surface area contributed by atoms with Gasteiger partial charge in [0.2, 0.25) is 5.09 Å². The van der Waals surface area contributed by atoms with Crippen molar-refractivity contribution in [3.63, 3.8) is 0 Å². The van der Waals surface area contributed by atoms with Crippen molar-refractivity contribution in [1.29, 1.82) is 0 Å². The van der Waals surface area contributed by atoms with Crippen LogP contribution in [-0.4, -0.2) is 38.9 Å². The zero-order valence-electron chi connectivity index (χ0n) is 9.63. The third-order valence-electron chi connectivity index (χ3n) is 2.95. The Bertz CT molecular complexity index is 424. The second-order valence-corrected chi connectivity index (χ2v) is 5.77. The average Bonchev–Trinajstić information content (AvgIpc) is 2.83. The Morgan fingerprint density at radius 2 is 2.06 bits per heavy atom. The van der Waals surface area contributed by atoms with Gasteiger partial charge in [0.1, 0.15) is 0 Å². The number of halogens is 1. The van der Waals surface area contributed by atoms with Crippen molar-refractivity contribution in [2.75, 3.05) is 20.1 Å². The maximum atomic E-state index is 12.1. The molecule has 1 aliphatic rings. The van der Waals surface area contributed by atoms with Gasteiger partial charge >= 0.3 is 0 Å². The minimum absolute atomic E-state index is 0. The first-order chi connectivity index (χ1) is 7.64. The highest BCUT2D eigenvalue weighted by Gasteiger charge is 2.30. The van der Waals surface area contributed by atoms with Crippen molar-refractivity contribution in [2.24, 2.45) is 0 Å². The van der Waals surface area contributed by atoms with Gasteiger partial charge in [0, 0.05) is 19.1 Å². The molecule has 1 aromatic rings. The minimum atomic E-state index is -3.41. The molecule has 1 aromatic heterocycles. The normalized spacial score (nSPS) is 18.9. The largest absolute Gasteiger partial charge is 0.452 e. The molecular weight excluding hydrogens is 264 g/mol. The van der Waals surface area contributed by atoms with Crippen molar-refractivity contribution in [1.82, 2.24) is 9.62 Å². The molecule has 0 radical (unpaired) electrons. The summed E-state index contributed by atoms with van der Waals surface area (Å²) in [4.78, 5) is 0. The zero-order chi connectivity index (χ0) is 11.6. The van der Waals surface area contributed by atoms with E-state index >= 15 is 0 Å². The number of rotatable bonds is 3. The van der Waals surface area contributed by atoms with Crippen molar-refractivity contribution in [3.8, 4) is 0 Å². The Hall–Kier alpha value is -0.560. The summed E-state index contributed by atoms with van der Waals surface area (Å²) < 4.78 is 30.6. The minimum Gasteiger partial charge on any atom is -0.452 e. The number of nitrogens with zero attached hydrogens (tertiary/aromatic N) is 1. The molecule has 0 spiro atoms. The number of nitrogens with one attached hydrogen (secondary N) is 1. The molecule has 1 aliphatic heterocycles. The summed E-state index contributed by atoms with van der Waals surface area (Å²) >= 11 is 0. The highest BCUT2D eigenvalue weighted by molar-refractivity contribution is 7.89. The molecule has 2 rings (SSSR count). The van der Waals surface area contributed by atoms with Crippen LogP contribution in [0.5, 0.6) is 0 Å². The van der Waals surface area contributed by atoms with Crippen molar-refractivity contribution in [2.45, 2.75) is 24.0 Å². The van der Waals surface area contributed by atoms with Crippen LogP contribution in [0, 0.1) is 0 Å². The second kappa shape index (κ2) is 5.86. The lowest BCUT2D eigenvalue weighted by molar-refractivity contribution is 0.291. The van der Waals surface area contributed by atoms with Crippen LogP contribution >= 0.6 is 12.4 Å². The molecule has 0 unspecified atom stereocenters. The van der Waals surface area contributed by atoms with Gasteiger partial charge in [-0.1, -0.05) is 0 Å². The monoisotopic (exact) mass is 280 g/mol. The van der Waals surface area contributed by atoms with E-state index in [0.29, 0.717) is 19.1 Å². The number of furan rings is 1. The summed E-state index contributed by atoms with van der Waals surface area (Å²) in [5.41, 5.74) is 0. The van der Waals surface area contributed by atoms with Crippen LogP contribution in [-0.2, 0) is 10.0 Å². The Labute approximate surface area is 108 Å². The van der Waals surface area contributed by atoms with E-state index in [9.17, 15) is 8.42 Å². The SMILES string of the molecule is CNC1CCN(S(=O)(=O)c2ccco2)CC1.Cl. The summed E-state index contributed by atoms with van der Waals surface area (Å²) in [7, 11) is -1.51. The Morgan fingerprint density at radius 1 is 1.41 bits per heavy atom. The smallest absolute Gasteiger partial charge is 0.276 e. The number of hydrogen-bond acceptors (Lipinski definition) is 4. The molecule has 7 heteroatoms. The predicted molar refractivity (Wildman–Crippen MR) is 66.8 cm³/mol. The molecule has 17 heavy (non-hydrogen) atoms. The first-order valence-corrected chi connectivity index (χ1v) is 6.79. The number of hydrogen-bond donors (Lipinski definition) is 1. The Morgan fingerprint density at radius 3 is 2.53 bits per heavy atom. The van der Waals surface area contributed by atoms with Gasteiger partial charge < -0.3 is 9.73 Å². The first kappa shape index (κ1) is 14.5. The summed E-state index contributed by atoms with van der Waals surface area (Å²) in [6.45, 7) is 1.10. The topological polar surface area (TPSA) is 62.6 Å². The fourth-order valence-corrected chi connectivity index (χ4v) is 3.30. The number of piperidine rings is 1. The predicted octanol–water partition coefficient (Wildman–Crippen LogP) is 1.07. The van der Waals surface area contributed by atoms with E-state index in [1.165, 1.54) is 16.6 Å². The van der Waals surface area contributed by atoms with E-state index in [2.05, 4.69) is 5.32 Å². The van der Waals surface area contributed by atoms with Gasteiger partial charge in [0.05, 0.1) is 6.26 Å². The van der Waals surface area contributed by atoms with Crippen molar-refractivity contribution in [3.05, 3.63) is 18.4 Å². The van der Waals surface area contributed by atoms with Crippen LogP contribution in [0.3, 0.4) is 0 Å². The molecule has 0 atom stereocenters. The van der Waals surface area contributed by atoms with Crippen LogP contribution in [0.25, 0.3) is 0 Å². The van der Waals surface area contributed by atoms with E-state index in [0.717, 1.165) is 12.8 Å². The molecule has 98 valence electrons. The lowest BCUT2D eigenvalue weighted by Crippen LogP contribution is -2.43. The number of sulfonamides is 1. The van der Waals surface area contributed by atoms with Gasteiger partial charge in [0.15, 0.2) is 0 Å². The van der Waals surface area contributed by atoms with Crippen LogP contribution in [0.15, 0.2) is 27.9 Å². The fraction of sp³-hybridized carbons (Fsp3) is 0.600. The molecule has 0 bridgehead atoms. The molecule has 0 aromatic carbocycles. The van der Waals surface area contributed by atoms with Gasteiger partial charge in [-0.05, 0) is 32.0 Å². The standard InChI is InChI=1S/C10H16N2O3S.ClH/c1-11-9-4-6-12(7-5-9)16(13,14)10-3-2-8-15-10;/h2-3,8-9,11H,4-7H2,1H3;1H. The van der Waals surface area contributed by atoms with E-state index in [4.69, 9.17) is 4.42 Å². The maximum absolute atomic E-state index is 12.1. The summed E-state index contributed by atoms with van der Waals surface area (Å²) in [5.74, 6) is 0. The molecule has 0 aliphatic carbocycles. The molecule has 0 saturated carbocycles. The van der Waals surface area contributed by atoms with Crippen molar-refractivity contribution >= 4 is 22.4 Å².